The maximum Gasteiger partial charge on any atom is 0.305 e. The summed E-state index contributed by atoms with van der Waals surface area (Å²) in [6.45, 7) is 0. The van der Waals surface area contributed by atoms with Crippen LogP contribution in [0.4, 0.5) is 0 Å². The highest BCUT2D eigenvalue weighted by atomic mass is 16.5. The fourth-order valence-electron chi connectivity index (χ4n) is 1.94. The van der Waals surface area contributed by atoms with Gasteiger partial charge in [-0.1, -0.05) is 12.2 Å². The van der Waals surface area contributed by atoms with E-state index >= 15 is 0 Å². The van der Waals surface area contributed by atoms with Crippen LogP contribution in [0.2, 0.25) is 0 Å². The second-order valence-corrected chi connectivity index (χ2v) is 3.82. The highest BCUT2D eigenvalue weighted by molar-refractivity contribution is 5.70. The molecule has 1 aliphatic carbocycles. The van der Waals surface area contributed by atoms with Crippen molar-refractivity contribution in [2.45, 2.75) is 25.7 Å². The normalized spacial score (nSPS) is 24.9. The van der Waals surface area contributed by atoms with Crippen molar-refractivity contribution >= 4 is 11.9 Å². The Labute approximate surface area is 88.9 Å². The van der Waals surface area contributed by atoms with Crippen LogP contribution in [-0.2, 0) is 14.3 Å². The van der Waals surface area contributed by atoms with E-state index in [2.05, 4.69) is 4.74 Å². The third-order valence-electron chi connectivity index (χ3n) is 2.80. The number of carbonyl (C=O) groups excluding carboxylic acids is 2. The maximum absolute atomic E-state index is 11.1. The quantitative estimate of drug-likeness (QED) is 0.494. The first-order chi connectivity index (χ1) is 7.13. The van der Waals surface area contributed by atoms with E-state index in [4.69, 9.17) is 0 Å². The summed E-state index contributed by atoms with van der Waals surface area (Å²) in [6, 6.07) is 0. The molecule has 1 rings (SSSR count). The zero-order valence-corrected chi connectivity index (χ0v) is 8.77. The van der Waals surface area contributed by atoms with E-state index in [9.17, 15) is 14.7 Å². The van der Waals surface area contributed by atoms with E-state index in [0.29, 0.717) is 12.8 Å². The first-order valence-corrected chi connectivity index (χ1v) is 5.05. The van der Waals surface area contributed by atoms with Gasteiger partial charge in [-0.2, -0.15) is 0 Å². The molecule has 0 saturated carbocycles. The summed E-state index contributed by atoms with van der Waals surface area (Å²) in [5.74, 6) is -1.26. The molecule has 1 aliphatic rings. The number of esters is 1. The van der Waals surface area contributed by atoms with E-state index in [1.165, 1.54) is 7.11 Å². The van der Waals surface area contributed by atoms with Crippen molar-refractivity contribution < 1.29 is 19.4 Å². The van der Waals surface area contributed by atoms with Crippen molar-refractivity contribution in [2.75, 3.05) is 7.11 Å². The Morgan fingerprint density at radius 2 is 1.80 bits per heavy atom. The number of carboxylic acids is 1. The van der Waals surface area contributed by atoms with Crippen molar-refractivity contribution in [1.82, 2.24) is 0 Å². The summed E-state index contributed by atoms with van der Waals surface area (Å²) in [5.41, 5.74) is 0. The lowest BCUT2D eigenvalue weighted by Gasteiger charge is -2.27. The number of allylic oxidation sites excluding steroid dienone is 2. The Kier molecular flexibility index (Phi) is 4.34. The smallest absolute Gasteiger partial charge is 0.305 e. The second-order valence-electron chi connectivity index (χ2n) is 3.82. The van der Waals surface area contributed by atoms with Crippen LogP contribution < -0.4 is 5.11 Å². The Balaban J connectivity index is 2.54. The summed E-state index contributed by atoms with van der Waals surface area (Å²) < 4.78 is 4.58. The van der Waals surface area contributed by atoms with Gasteiger partial charge in [-0.05, 0) is 31.1 Å². The Bertz CT molecular complexity index is 270. The summed E-state index contributed by atoms with van der Waals surface area (Å²) in [7, 11) is 1.34. The van der Waals surface area contributed by atoms with Crippen molar-refractivity contribution in [2.24, 2.45) is 11.8 Å². The first kappa shape index (κ1) is 11.8. The molecule has 0 radical (unpaired) electrons. The molecule has 0 N–H and O–H groups in total. The molecule has 0 fully saturated rings. The van der Waals surface area contributed by atoms with E-state index < -0.39 is 5.97 Å². The topological polar surface area (TPSA) is 66.4 Å². The molecule has 0 aliphatic heterocycles. The van der Waals surface area contributed by atoms with Crippen LogP contribution >= 0.6 is 0 Å². The summed E-state index contributed by atoms with van der Waals surface area (Å²) in [6.07, 6.45) is 5.70. The van der Waals surface area contributed by atoms with E-state index in [-0.39, 0.29) is 24.2 Å². The summed E-state index contributed by atoms with van der Waals surface area (Å²) in [4.78, 5) is 21.6. The lowest BCUT2D eigenvalue weighted by Crippen LogP contribution is -2.30. The van der Waals surface area contributed by atoms with E-state index in [1.54, 1.807) is 0 Å². The van der Waals surface area contributed by atoms with Crippen molar-refractivity contribution in [3.63, 3.8) is 0 Å². The van der Waals surface area contributed by atoms with Crippen LogP contribution in [0.1, 0.15) is 25.7 Å². The molecule has 0 amide bonds. The zero-order valence-electron chi connectivity index (χ0n) is 8.77. The lowest BCUT2D eigenvalue weighted by molar-refractivity contribution is -0.307. The summed E-state index contributed by atoms with van der Waals surface area (Å²) >= 11 is 0. The summed E-state index contributed by atoms with van der Waals surface area (Å²) in [5, 5.41) is 10.5. The number of aliphatic carboxylic acids is 1. The van der Waals surface area contributed by atoms with Gasteiger partial charge in [-0.25, -0.2) is 0 Å². The molecular weight excluding hydrogens is 196 g/mol. The fourth-order valence-corrected chi connectivity index (χ4v) is 1.94. The third kappa shape index (κ3) is 3.73. The van der Waals surface area contributed by atoms with Crippen LogP contribution in [0.25, 0.3) is 0 Å². The standard InChI is InChI=1S/C11H16O4/c1-15-11(14)7-9-5-3-2-4-8(9)6-10(12)13/h2-3,8-9H,4-7H2,1H3,(H,12,13)/p-1. The SMILES string of the molecule is COC(=O)CC1CC=CCC1CC(=O)[O-]. The molecule has 15 heavy (non-hydrogen) atoms. The molecule has 0 aromatic heterocycles. The highest BCUT2D eigenvalue weighted by Gasteiger charge is 2.25. The molecule has 0 spiro atoms. The molecule has 2 unspecified atom stereocenters. The molecule has 0 bridgehead atoms. The van der Waals surface area contributed by atoms with Gasteiger partial charge in [0.15, 0.2) is 0 Å². The number of carboxylic acid groups (broad SMARTS) is 1. The number of rotatable bonds is 4. The van der Waals surface area contributed by atoms with Crippen molar-refractivity contribution in [1.29, 1.82) is 0 Å². The number of carbonyl (C=O) groups is 2. The average molecular weight is 211 g/mol. The van der Waals surface area contributed by atoms with Gasteiger partial charge in [0.05, 0.1) is 7.11 Å². The number of methoxy groups -OCH3 is 1. The molecule has 4 heteroatoms. The van der Waals surface area contributed by atoms with Crippen LogP contribution in [0.3, 0.4) is 0 Å². The predicted octanol–water partition coefficient (Wildman–Crippen LogP) is 0.272. The molecule has 0 heterocycles. The van der Waals surface area contributed by atoms with Gasteiger partial charge in [-0.15, -0.1) is 0 Å². The lowest BCUT2D eigenvalue weighted by atomic mass is 9.79. The van der Waals surface area contributed by atoms with Gasteiger partial charge in [0, 0.05) is 12.4 Å². The number of hydrogen-bond acceptors (Lipinski definition) is 4. The largest absolute Gasteiger partial charge is 0.550 e. The van der Waals surface area contributed by atoms with Gasteiger partial charge in [0.25, 0.3) is 0 Å². The molecule has 0 saturated heterocycles. The molecule has 0 aromatic rings. The van der Waals surface area contributed by atoms with Crippen LogP contribution in [0.5, 0.6) is 0 Å². The van der Waals surface area contributed by atoms with E-state index in [1.807, 2.05) is 12.2 Å². The fraction of sp³-hybridized carbons (Fsp3) is 0.636. The Morgan fingerprint density at radius 1 is 1.27 bits per heavy atom. The van der Waals surface area contributed by atoms with Gasteiger partial charge >= 0.3 is 5.97 Å². The number of ether oxygens (including phenoxy) is 1. The predicted molar refractivity (Wildman–Crippen MR) is 51.6 cm³/mol. The maximum atomic E-state index is 11.1. The van der Waals surface area contributed by atoms with Gasteiger partial charge in [0.1, 0.15) is 0 Å². The molecule has 84 valence electrons. The molecule has 0 aromatic carbocycles. The second kappa shape index (κ2) is 5.53. The van der Waals surface area contributed by atoms with Gasteiger partial charge in [0.2, 0.25) is 0 Å². The molecule has 4 nitrogen and oxygen atoms in total. The third-order valence-corrected chi connectivity index (χ3v) is 2.80. The zero-order chi connectivity index (χ0) is 11.3. The molecular formula is C11H15O4-. The van der Waals surface area contributed by atoms with Crippen LogP contribution in [0, 0.1) is 11.8 Å². The van der Waals surface area contributed by atoms with Crippen LogP contribution in [-0.4, -0.2) is 19.0 Å². The van der Waals surface area contributed by atoms with Crippen molar-refractivity contribution in [3.8, 4) is 0 Å². The minimum atomic E-state index is -1.05. The molecule has 2 atom stereocenters. The van der Waals surface area contributed by atoms with Crippen molar-refractivity contribution in [3.05, 3.63) is 12.2 Å². The highest BCUT2D eigenvalue weighted by Crippen LogP contribution is 2.30. The van der Waals surface area contributed by atoms with Gasteiger partial charge in [-0.3, -0.25) is 4.79 Å². The van der Waals surface area contributed by atoms with Crippen LogP contribution in [0.15, 0.2) is 12.2 Å². The first-order valence-electron chi connectivity index (χ1n) is 5.05. The number of hydrogen-bond donors (Lipinski definition) is 0. The average Bonchev–Trinajstić information content (AvgIpc) is 2.20. The van der Waals surface area contributed by atoms with E-state index in [0.717, 1.165) is 6.42 Å². The minimum absolute atomic E-state index is 0.000833. The monoisotopic (exact) mass is 211 g/mol. The minimum Gasteiger partial charge on any atom is -0.550 e. The van der Waals surface area contributed by atoms with Gasteiger partial charge < -0.3 is 14.6 Å². The Hall–Kier alpha value is -1.32. The Morgan fingerprint density at radius 3 is 2.27 bits per heavy atom.